The highest BCUT2D eigenvalue weighted by Gasteiger charge is 2.27. The molecule has 0 saturated carbocycles. The fraction of sp³-hybridized carbons (Fsp3) is 0.353. The van der Waals surface area contributed by atoms with Crippen molar-refractivity contribution in [2.75, 3.05) is 13.2 Å². The van der Waals surface area contributed by atoms with Gasteiger partial charge in [-0.05, 0) is 36.6 Å². The number of hydrogen-bond donors (Lipinski definition) is 2. The van der Waals surface area contributed by atoms with Crippen molar-refractivity contribution < 1.29 is 23.9 Å². The molecule has 1 aliphatic rings. The van der Waals surface area contributed by atoms with Crippen LogP contribution in [0.15, 0.2) is 23.8 Å². The number of urea groups is 1. The number of ether oxygens (including phenoxy) is 2. The first kappa shape index (κ1) is 17.5. The Morgan fingerprint density at radius 3 is 2.29 bits per heavy atom. The van der Waals surface area contributed by atoms with E-state index in [4.69, 9.17) is 9.47 Å². The maximum absolute atomic E-state index is 11.8. The molecule has 2 rings (SSSR count). The largest absolute Gasteiger partial charge is 0.490 e. The molecule has 0 unspecified atom stereocenters. The molecule has 1 aliphatic heterocycles. The molecule has 128 valence electrons. The van der Waals surface area contributed by atoms with Crippen molar-refractivity contribution in [3.63, 3.8) is 0 Å². The molecule has 0 atom stereocenters. The molecule has 0 radical (unpaired) electrons. The number of hydrogen-bond acceptors (Lipinski definition) is 5. The number of carbonyl (C=O) groups excluding carboxylic acids is 3. The Labute approximate surface area is 140 Å². The van der Waals surface area contributed by atoms with Gasteiger partial charge in [0, 0.05) is 0 Å². The van der Waals surface area contributed by atoms with E-state index in [0.717, 1.165) is 0 Å². The van der Waals surface area contributed by atoms with Crippen LogP contribution in [0, 0.1) is 5.92 Å². The summed E-state index contributed by atoms with van der Waals surface area (Å²) in [4.78, 5) is 34.6. The minimum Gasteiger partial charge on any atom is -0.490 e. The van der Waals surface area contributed by atoms with Gasteiger partial charge in [-0.1, -0.05) is 19.9 Å². The van der Waals surface area contributed by atoms with Gasteiger partial charge in [0.25, 0.3) is 11.8 Å². The summed E-state index contributed by atoms with van der Waals surface area (Å²) in [5, 5.41) is 4.06. The monoisotopic (exact) mass is 332 g/mol. The predicted molar refractivity (Wildman–Crippen MR) is 87.6 cm³/mol. The Morgan fingerprint density at radius 2 is 1.71 bits per heavy atom. The number of rotatable bonds is 6. The molecular formula is C17H20N2O5. The van der Waals surface area contributed by atoms with Crippen LogP contribution in [0.1, 0.15) is 26.3 Å². The Bertz CT molecular complexity index is 672. The fourth-order valence-electron chi connectivity index (χ4n) is 2.03. The number of benzene rings is 1. The van der Waals surface area contributed by atoms with Crippen LogP contribution >= 0.6 is 0 Å². The zero-order chi connectivity index (χ0) is 17.7. The number of amides is 4. The number of nitrogens with one attached hydrogen (secondary N) is 2. The van der Waals surface area contributed by atoms with Gasteiger partial charge in [-0.15, -0.1) is 0 Å². The predicted octanol–water partition coefficient (Wildman–Crippen LogP) is 1.87. The summed E-state index contributed by atoms with van der Waals surface area (Å²) in [6.45, 7) is 6.94. The Kier molecular flexibility index (Phi) is 5.57. The summed E-state index contributed by atoms with van der Waals surface area (Å²) in [5.74, 6) is 0.0257. The van der Waals surface area contributed by atoms with Crippen molar-refractivity contribution in [2.24, 2.45) is 5.92 Å². The second-order valence-corrected chi connectivity index (χ2v) is 5.64. The molecule has 1 fully saturated rings. The van der Waals surface area contributed by atoms with E-state index in [1.807, 2.05) is 31.4 Å². The van der Waals surface area contributed by atoms with Crippen LogP contribution in [-0.4, -0.2) is 31.1 Å². The zero-order valence-corrected chi connectivity index (χ0v) is 13.8. The summed E-state index contributed by atoms with van der Waals surface area (Å²) in [7, 11) is 0. The van der Waals surface area contributed by atoms with Gasteiger partial charge in [-0.25, -0.2) is 4.79 Å². The van der Waals surface area contributed by atoms with Crippen molar-refractivity contribution in [3.05, 3.63) is 29.3 Å². The molecule has 2 N–H and O–H groups in total. The molecule has 1 saturated heterocycles. The number of barbiturate groups is 1. The summed E-state index contributed by atoms with van der Waals surface area (Å²) in [5.41, 5.74) is 0.442. The second-order valence-electron chi connectivity index (χ2n) is 5.64. The summed E-state index contributed by atoms with van der Waals surface area (Å²) >= 11 is 0. The highest BCUT2D eigenvalue weighted by molar-refractivity contribution is 6.31. The Hall–Kier alpha value is -2.83. The topological polar surface area (TPSA) is 93.7 Å². The third-order valence-electron chi connectivity index (χ3n) is 3.09. The van der Waals surface area contributed by atoms with Gasteiger partial charge < -0.3 is 9.47 Å². The van der Waals surface area contributed by atoms with E-state index >= 15 is 0 Å². The third kappa shape index (κ3) is 4.34. The van der Waals surface area contributed by atoms with Gasteiger partial charge in [-0.2, -0.15) is 0 Å². The van der Waals surface area contributed by atoms with Gasteiger partial charge >= 0.3 is 6.03 Å². The molecule has 1 aromatic carbocycles. The highest BCUT2D eigenvalue weighted by atomic mass is 16.5. The van der Waals surface area contributed by atoms with Crippen LogP contribution in [0.3, 0.4) is 0 Å². The van der Waals surface area contributed by atoms with Crippen LogP contribution < -0.4 is 20.1 Å². The molecule has 24 heavy (non-hydrogen) atoms. The first-order chi connectivity index (χ1) is 11.4. The normalized spacial score (nSPS) is 14.3. The molecule has 0 spiro atoms. The molecule has 0 aromatic heterocycles. The average molecular weight is 332 g/mol. The van der Waals surface area contributed by atoms with Crippen LogP contribution in [0.2, 0.25) is 0 Å². The van der Waals surface area contributed by atoms with Crippen LogP contribution in [0.4, 0.5) is 4.79 Å². The first-order valence-electron chi connectivity index (χ1n) is 7.68. The minimum absolute atomic E-state index is 0.145. The van der Waals surface area contributed by atoms with Crippen molar-refractivity contribution >= 4 is 23.9 Å². The minimum atomic E-state index is -0.824. The SMILES string of the molecule is CCOc1cc(C=C2C(=O)NC(=O)NC2=O)ccc1OCC(C)C. The number of carbonyl (C=O) groups is 3. The summed E-state index contributed by atoms with van der Waals surface area (Å²) in [6, 6.07) is 4.30. The Morgan fingerprint density at radius 1 is 1.04 bits per heavy atom. The standard InChI is InChI=1S/C17H20N2O5/c1-4-23-14-8-11(5-6-13(14)24-9-10(2)3)7-12-15(20)18-17(22)19-16(12)21/h5-8,10H,4,9H2,1-3H3,(H2,18,19,20,21,22). The van der Waals surface area contributed by atoms with Crippen LogP contribution in [0.25, 0.3) is 6.08 Å². The van der Waals surface area contributed by atoms with Gasteiger partial charge in [0.15, 0.2) is 11.5 Å². The van der Waals surface area contributed by atoms with E-state index in [1.165, 1.54) is 6.08 Å². The van der Waals surface area contributed by atoms with Crippen molar-refractivity contribution in [1.29, 1.82) is 0 Å². The van der Waals surface area contributed by atoms with E-state index in [1.54, 1.807) is 18.2 Å². The lowest BCUT2D eigenvalue weighted by Crippen LogP contribution is -2.51. The van der Waals surface area contributed by atoms with E-state index < -0.39 is 17.8 Å². The second kappa shape index (κ2) is 7.63. The van der Waals surface area contributed by atoms with E-state index in [-0.39, 0.29) is 5.57 Å². The molecule has 0 aliphatic carbocycles. The average Bonchev–Trinajstić information content (AvgIpc) is 2.50. The lowest BCUT2D eigenvalue weighted by molar-refractivity contribution is -0.123. The summed E-state index contributed by atoms with van der Waals surface area (Å²) < 4.78 is 11.3. The van der Waals surface area contributed by atoms with Crippen molar-refractivity contribution in [1.82, 2.24) is 10.6 Å². The quantitative estimate of drug-likeness (QED) is 0.613. The fourth-order valence-corrected chi connectivity index (χ4v) is 2.03. The maximum Gasteiger partial charge on any atom is 0.328 e. The van der Waals surface area contributed by atoms with Crippen molar-refractivity contribution in [2.45, 2.75) is 20.8 Å². The number of imide groups is 2. The van der Waals surface area contributed by atoms with E-state index in [0.29, 0.717) is 36.2 Å². The summed E-state index contributed by atoms with van der Waals surface area (Å²) in [6.07, 6.45) is 1.39. The van der Waals surface area contributed by atoms with Crippen LogP contribution in [0.5, 0.6) is 11.5 Å². The van der Waals surface area contributed by atoms with Gasteiger partial charge in [0.1, 0.15) is 5.57 Å². The van der Waals surface area contributed by atoms with E-state index in [9.17, 15) is 14.4 Å². The molecule has 0 bridgehead atoms. The van der Waals surface area contributed by atoms with Crippen molar-refractivity contribution in [3.8, 4) is 11.5 Å². The van der Waals surface area contributed by atoms with Gasteiger partial charge in [0.05, 0.1) is 13.2 Å². The van der Waals surface area contributed by atoms with Crippen LogP contribution in [-0.2, 0) is 9.59 Å². The molecular weight excluding hydrogens is 312 g/mol. The van der Waals surface area contributed by atoms with Gasteiger partial charge in [-0.3, -0.25) is 20.2 Å². The molecule has 7 nitrogen and oxygen atoms in total. The maximum atomic E-state index is 11.8. The molecule has 1 aromatic rings. The molecule has 1 heterocycles. The highest BCUT2D eigenvalue weighted by Crippen LogP contribution is 2.30. The van der Waals surface area contributed by atoms with E-state index in [2.05, 4.69) is 0 Å². The lowest BCUT2D eigenvalue weighted by Gasteiger charge is -2.15. The third-order valence-corrected chi connectivity index (χ3v) is 3.09. The first-order valence-corrected chi connectivity index (χ1v) is 7.68. The Balaban J connectivity index is 2.29. The molecule has 4 amide bonds. The van der Waals surface area contributed by atoms with Gasteiger partial charge in [0.2, 0.25) is 0 Å². The zero-order valence-electron chi connectivity index (χ0n) is 13.8. The molecule has 7 heteroatoms. The smallest absolute Gasteiger partial charge is 0.328 e. The lowest BCUT2D eigenvalue weighted by atomic mass is 10.1.